The Balaban J connectivity index is 2.06. The summed E-state index contributed by atoms with van der Waals surface area (Å²) in [6.45, 7) is 2.03. The predicted octanol–water partition coefficient (Wildman–Crippen LogP) is 5.17. The smallest absolute Gasteiger partial charge is 0.0669 e. The Labute approximate surface area is 128 Å². The van der Waals surface area contributed by atoms with E-state index in [0.717, 1.165) is 10.6 Å². The second-order valence-electron chi connectivity index (χ2n) is 4.92. The van der Waals surface area contributed by atoms with Gasteiger partial charge >= 0.3 is 0 Å². The minimum absolute atomic E-state index is 0.186. The molecule has 1 unspecified atom stereocenters. The molecule has 1 heterocycles. The highest BCUT2D eigenvalue weighted by Crippen LogP contribution is 2.34. The predicted molar refractivity (Wildman–Crippen MR) is 88.9 cm³/mol. The molecule has 1 nitrogen and oxygen atoms in total. The molecule has 0 aliphatic heterocycles. The van der Waals surface area contributed by atoms with Crippen LogP contribution in [0.5, 0.6) is 0 Å². The summed E-state index contributed by atoms with van der Waals surface area (Å²) in [6.07, 6.45) is 0. The summed E-state index contributed by atoms with van der Waals surface area (Å²) in [4.78, 5) is 1.31. The Morgan fingerprint density at radius 3 is 2.60 bits per heavy atom. The summed E-state index contributed by atoms with van der Waals surface area (Å²) >= 11 is 8.09. The minimum atomic E-state index is 0.186. The van der Waals surface area contributed by atoms with Crippen molar-refractivity contribution in [2.24, 2.45) is 0 Å². The molecule has 3 heteroatoms. The molecule has 3 aromatic rings. The number of aryl methyl sites for hydroxylation is 1. The van der Waals surface area contributed by atoms with E-state index in [1.807, 2.05) is 25.3 Å². The molecule has 0 bridgehead atoms. The average Bonchev–Trinajstić information content (AvgIpc) is 2.87. The highest BCUT2D eigenvalue weighted by atomic mass is 35.5. The first kappa shape index (κ1) is 13.6. The summed E-state index contributed by atoms with van der Waals surface area (Å²) in [5, 5.41) is 5.51. The molecular formula is C17H16ClNS. The third-order valence-corrected chi connectivity index (χ3v) is 5.14. The fourth-order valence-corrected chi connectivity index (χ4v) is 3.80. The van der Waals surface area contributed by atoms with Gasteiger partial charge in [0.25, 0.3) is 0 Å². The molecule has 3 rings (SSSR count). The van der Waals surface area contributed by atoms with E-state index in [2.05, 4.69) is 53.8 Å². The third-order valence-electron chi connectivity index (χ3n) is 3.55. The maximum atomic E-state index is 6.26. The lowest BCUT2D eigenvalue weighted by atomic mass is 10.0. The molecule has 0 saturated heterocycles. The van der Waals surface area contributed by atoms with E-state index < -0.39 is 0 Å². The summed E-state index contributed by atoms with van der Waals surface area (Å²) < 4.78 is 1.32. The van der Waals surface area contributed by atoms with Crippen LogP contribution in [0, 0.1) is 6.92 Å². The van der Waals surface area contributed by atoms with E-state index in [1.54, 1.807) is 0 Å². The highest BCUT2D eigenvalue weighted by molar-refractivity contribution is 7.19. The number of thiophene rings is 1. The quantitative estimate of drug-likeness (QED) is 0.703. The van der Waals surface area contributed by atoms with E-state index in [4.69, 9.17) is 11.6 Å². The molecule has 0 aliphatic rings. The number of hydrogen-bond donors (Lipinski definition) is 1. The van der Waals surface area contributed by atoms with Gasteiger partial charge in [-0.3, -0.25) is 0 Å². The first-order chi connectivity index (χ1) is 9.69. The molecule has 1 aromatic heterocycles. The number of rotatable bonds is 3. The average molecular weight is 302 g/mol. The lowest BCUT2D eigenvalue weighted by Gasteiger charge is -2.15. The van der Waals surface area contributed by atoms with E-state index >= 15 is 0 Å². The molecule has 0 radical (unpaired) electrons. The standard InChI is InChI=1S/C17H16ClNS/c1-11-7-8-13(9-14(11)18)17(19-2)16-10-12-5-3-4-6-15(12)20-16/h3-10,17,19H,1-2H3. The van der Waals surface area contributed by atoms with Crippen LogP contribution >= 0.6 is 22.9 Å². The van der Waals surface area contributed by atoms with Gasteiger partial charge < -0.3 is 5.32 Å². The molecule has 1 atom stereocenters. The fourth-order valence-electron chi connectivity index (χ4n) is 2.41. The maximum absolute atomic E-state index is 6.26. The van der Waals surface area contributed by atoms with Crippen molar-refractivity contribution in [1.82, 2.24) is 5.32 Å². The van der Waals surface area contributed by atoms with Gasteiger partial charge in [-0.1, -0.05) is 41.9 Å². The zero-order valence-electron chi connectivity index (χ0n) is 11.5. The van der Waals surface area contributed by atoms with Crippen LogP contribution in [0.3, 0.4) is 0 Å². The first-order valence-electron chi connectivity index (χ1n) is 6.61. The van der Waals surface area contributed by atoms with Gasteiger partial charge in [-0.05, 0) is 48.7 Å². The lowest BCUT2D eigenvalue weighted by Crippen LogP contribution is -2.16. The zero-order chi connectivity index (χ0) is 14.1. The Morgan fingerprint density at radius 1 is 1.10 bits per heavy atom. The van der Waals surface area contributed by atoms with Gasteiger partial charge in [0.2, 0.25) is 0 Å². The van der Waals surface area contributed by atoms with Crippen molar-refractivity contribution < 1.29 is 0 Å². The van der Waals surface area contributed by atoms with Crippen LogP contribution in [0.15, 0.2) is 48.5 Å². The van der Waals surface area contributed by atoms with Crippen molar-refractivity contribution in [3.63, 3.8) is 0 Å². The third kappa shape index (κ3) is 2.47. The summed E-state index contributed by atoms with van der Waals surface area (Å²) in [5.74, 6) is 0. The van der Waals surface area contributed by atoms with Gasteiger partial charge in [-0.15, -0.1) is 11.3 Å². The second-order valence-corrected chi connectivity index (χ2v) is 6.44. The summed E-state index contributed by atoms with van der Waals surface area (Å²) in [6, 6.07) is 17.2. The van der Waals surface area contributed by atoms with Crippen LogP contribution in [-0.2, 0) is 0 Å². The summed E-state index contributed by atoms with van der Waals surface area (Å²) in [7, 11) is 1.99. The van der Waals surface area contributed by atoms with Crippen LogP contribution in [0.2, 0.25) is 5.02 Å². The normalized spacial score (nSPS) is 12.8. The van der Waals surface area contributed by atoms with Crippen molar-refractivity contribution in [3.8, 4) is 0 Å². The van der Waals surface area contributed by atoms with Gasteiger partial charge in [0.05, 0.1) is 6.04 Å². The van der Waals surface area contributed by atoms with E-state index in [0.29, 0.717) is 0 Å². The molecule has 102 valence electrons. The number of benzene rings is 2. The van der Waals surface area contributed by atoms with Crippen molar-refractivity contribution in [3.05, 3.63) is 69.6 Å². The van der Waals surface area contributed by atoms with Gasteiger partial charge in [-0.25, -0.2) is 0 Å². The Kier molecular flexibility index (Phi) is 3.79. The fraction of sp³-hybridized carbons (Fsp3) is 0.176. The number of fused-ring (bicyclic) bond motifs is 1. The molecule has 0 fully saturated rings. The van der Waals surface area contributed by atoms with Gasteiger partial charge in [0, 0.05) is 14.6 Å². The van der Waals surface area contributed by atoms with Crippen molar-refractivity contribution >= 4 is 33.0 Å². The van der Waals surface area contributed by atoms with Crippen molar-refractivity contribution in [2.45, 2.75) is 13.0 Å². The maximum Gasteiger partial charge on any atom is 0.0669 e. The zero-order valence-corrected chi connectivity index (χ0v) is 13.1. The molecular weight excluding hydrogens is 286 g/mol. The second kappa shape index (κ2) is 5.57. The molecule has 0 spiro atoms. The molecule has 2 aromatic carbocycles. The Hall–Kier alpha value is -1.35. The largest absolute Gasteiger partial charge is 0.309 e. The summed E-state index contributed by atoms with van der Waals surface area (Å²) in [5.41, 5.74) is 2.32. The van der Waals surface area contributed by atoms with Crippen LogP contribution in [-0.4, -0.2) is 7.05 Å². The van der Waals surface area contributed by atoms with Gasteiger partial charge in [-0.2, -0.15) is 0 Å². The van der Waals surface area contributed by atoms with E-state index in [1.165, 1.54) is 20.5 Å². The van der Waals surface area contributed by atoms with Crippen LogP contribution in [0.4, 0.5) is 0 Å². The van der Waals surface area contributed by atoms with E-state index in [9.17, 15) is 0 Å². The molecule has 0 saturated carbocycles. The Bertz CT molecular complexity index is 715. The topological polar surface area (TPSA) is 12.0 Å². The number of nitrogens with one attached hydrogen (secondary N) is 1. The molecule has 20 heavy (non-hydrogen) atoms. The van der Waals surface area contributed by atoms with Crippen LogP contribution < -0.4 is 5.32 Å². The van der Waals surface area contributed by atoms with E-state index in [-0.39, 0.29) is 6.04 Å². The number of halogens is 1. The monoisotopic (exact) mass is 301 g/mol. The Morgan fingerprint density at radius 2 is 1.90 bits per heavy atom. The highest BCUT2D eigenvalue weighted by Gasteiger charge is 2.15. The molecule has 0 amide bonds. The van der Waals surface area contributed by atoms with Crippen molar-refractivity contribution in [2.75, 3.05) is 7.05 Å². The SMILES string of the molecule is CNC(c1ccc(C)c(Cl)c1)c1cc2ccccc2s1. The van der Waals surface area contributed by atoms with Gasteiger partial charge in [0.1, 0.15) is 0 Å². The lowest BCUT2D eigenvalue weighted by molar-refractivity contribution is 0.704. The molecule has 0 aliphatic carbocycles. The molecule has 1 N–H and O–H groups in total. The first-order valence-corrected chi connectivity index (χ1v) is 7.80. The van der Waals surface area contributed by atoms with Crippen LogP contribution in [0.25, 0.3) is 10.1 Å². The minimum Gasteiger partial charge on any atom is -0.309 e. The number of hydrogen-bond acceptors (Lipinski definition) is 2. The van der Waals surface area contributed by atoms with Gasteiger partial charge in [0.15, 0.2) is 0 Å². The van der Waals surface area contributed by atoms with Crippen molar-refractivity contribution in [1.29, 1.82) is 0 Å². The van der Waals surface area contributed by atoms with Crippen LogP contribution in [0.1, 0.15) is 22.0 Å².